The Kier molecular flexibility index (Phi) is 6.72. The molecule has 0 aliphatic heterocycles. The Morgan fingerprint density at radius 3 is 2.70 bits per heavy atom. The van der Waals surface area contributed by atoms with Crippen LogP contribution in [0.5, 0.6) is 0 Å². The van der Waals surface area contributed by atoms with Crippen molar-refractivity contribution in [2.75, 3.05) is 20.6 Å². The van der Waals surface area contributed by atoms with Crippen molar-refractivity contribution in [2.24, 2.45) is 5.92 Å². The maximum absolute atomic E-state index is 13.1. The first-order valence-electron chi connectivity index (χ1n) is 10.6. The number of ketones is 1. The van der Waals surface area contributed by atoms with Crippen LogP contribution in [0.4, 0.5) is 0 Å². The van der Waals surface area contributed by atoms with Crippen LogP contribution in [0, 0.1) is 18.3 Å². The number of carbonyl (C=O) groups excluding carboxylic acids is 1. The lowest BCUT2D eigenvalue weighted by Crippen LogP contribution is -2.30. The van der Waals surface area contributed by atoms with E-state index in [1.54, 1.807) is 15.6 Å². The average Bonchev–Trinajstić information content (AvgIpc) is 3.18. The van der Waals surface area contributed by atoms with E-state index in [4.69, 9.17) is 17.0 Å². The van der Waals surface area contributed by atoms with Gasteiger partial charge < -0.3 is 10.2 Å². The summed E-state index contributed by atoms with van der Waals surface area (Å²) in [7, 11) is 3.69. The fraction of sp³-hybridized carbons (Fsp3) is 0.240. The molecule has 1 atom stereocenters. The highest BCUT2D eigenvalue weighted by Gasteiger charge is 2.21. The lowest BCUT2D eigenvalue weighted by Gasteiger charge is -2.24. The van der Waals surface area contributed by atoms with E-state index in [-0.39, 0.29) is 18.2 Å². The van der Waals surface area contributed by atoms with Gasteiger partial charge in [-0.25, -0.2) is 4.68 Å². The first kappa shape index (κ1) is 23.3. The number of nitrogens with one attached hydrogen (secondary N) is 2. The van der Waals surface area contributed by atoms with Gasteiger partial charge in [0.15, 0.2) is 5.78 Å². The van der Waals surface area contributed by atoms with Crippen molar-refractivity contribution >= 4 is 49.9 Å². The molecular weight excluding hydrogens is 502 g/mol. The number of nitrogens with zero attached hydrogens (tertiary/aromatic N) is 3. The zero-order valence-electron chi connectivity index (χ0n) is 18.7. The minimum absolute atomic E-state index is 0.0636. The van der Waals surface area contributed by atoms with E-state index in [0.717, 1.165) is 26.6 Å². The highest BCUT2D eigenvalue weighted by Crippen LogP contribution is 2.26. The second-order valence-electron chi connectivity index (χ2n) is 8.29. The molecule has 2 aromatic carbocycles. The van der Waals surface area contributed by atoms with Crippen LogP contribution in [0.1, 0.15) is 22.6 Å². The first-order chi connectivity index (χ1) is 15.7. The predicted molar refractivity (Wildman–Crippen MR) is 137 cm³/mol. The van der Waals surface area contributed by atoms with Crippen LogP contribution >= 0.6 is 27.5 Å². The van der Waals surface area contributed by atoms with Crippen LogP contribution < -0.4 is 5.32 Å². The Labute approximate surface area is 206 Å². The number of rotatable bonds is 6. The van der Waals surface area contributed by atoms with Gasteiger partial charge in [0.25, 0.3) is 0 Å². The molecule has 6 nitrogen and oxygen atoms in total. The standard InChI is InChI=1S/C25H25BrClN5O/c1-15-10-23(32(30-15)20-8-5-16-11-19(26)7-4-17(16)12-20)24(33)14-29-22-9-6-18(13-21(22)27)25(28)31(2)3/h4-5,7-13,18,28-29H,6,14H2,1-3H3. The second-order valence-corrected chi connectivity index (χ2v) is 9.61. The Bertz CT molecular complexity index is 1310. The molecule has 0 fully saturated rings. The number of hydrogen-bond acceptors (Lipinski definition) is 4. The summed E-state index contributed by atoms with van der Waals surface area (Å²) in [5.74, 6) is 0.355. The van der Waals surface area contributed by atoms with Gasteiger partial charge in [-0.3, -0.25) is 10.2 Å². The molecule has 1 aliphatic carbocycles. The fourth-order valence-electron chi connectivity index (χ4n) is 3.85. The van der Waals surface area contributed by atoms with Gasteiger partial charge in [0.05, 0.1) is 23.0 Å². The molecule has 0 bridgehead atoms. The number of hydrogen-bond donors (Lipinski definition) is 2. The van der Waals surface area contributed by atoms with E-state index >= 15 is 0 Å². The summed E-state index contributed by atoms with van der Waals surface area (Å²) in [6.45, 7) is 1.97. The predicted octanol–water partition coefficient (Wildman–Crippen LogP) is 5.43. The van der Waals surface area contributed by atoms with Gasteiger partial charge in [0.2, 0.25) is 0 Å². The minimum Gasteiger partial charge on any atom is -0.377 e. The quantitative estimate of drug-likeness (QED) is 0.255. The Morgan fingerprint density at radius 1 is 1.24 bits per heavy atom. The number of benzene rings is 2. The molecule has 0 radical (unpaired) electrons. The molecule has 170 valence electrons. The summed E-state index contributed by atoms with van der Waals surface area (Å²) in [5.41, 5.74) is 2.84. The topological polar surface area (TPSA) is 74.0 Å². The van der Waals surface area contributed by atoms with E-state index in [1.165, 1.54) is 0 Å². The van der Waals surface area contributed by atoms with Gasteiger partial charge in [-0.05, 0) is 54.4 Å². The van der Waals surface area contributed by atoms with Crippen LogP contribution in [0.3, 0.4) is 0 Å². The van der Waals surface area contributed by atoms with E-state index in [2.05, 4.69) is 32.4 Å². The maximum Gasteiger partial charge on any atom is 0.200 e. The van der Waals surface area contributed by atoms with E-state index < -0.39 is 0 Å². The summed E-state index contributed by atoms with van der Waals surface area (Å²) in [4.78, 5) is 14.9. The number of carbonyl (C=O) groups is 1. The van der Waals surface area contributed by atoms with Crippen LogP contribution in [-0.4, -0.2) is 46.9 Å². The van der Waals surface area contributed by atoms with Crippen molar-refractivity contribution in [1.29, 1.82) is 5.41 Å². The van der Waals surface area contributed by atoms with E-state index in [0.29, 0.717) is 28.7 Å². The second kappa shape index (κ2) is 9.53. The number of Topliss-reactive ketones (excluding diaryl/α,β-unsaturated/α-hetero) is 1. The molecule has 0 saturated heterocycles. The first-order valence-corrected chi connectivity index (χ1v) is 11.8. The van der Waals surface area contributed by atoms with Gasteiger partial charge in [-0.15, -0.1) is 0 Å². The van der Waals surface area contributed by atoms with Crippen LogP contribution in [0.25, 0.3) is 16.5 Å². The Balaban J connectivity index is 1.51. The molecule has 1 unspecified atom stereocenters. The van der Waals surface area contributed by atoms with Crippen molar-refractivity contribution in [2.45, 2.75) is 13.3 Å². The molecule has 3 aromatic rings. The molecule has 1 aliphatic rings. The van der Waals surface area contributed by atoms with E-state index in [1.807, 2.05) is 63.5 Å². The largest absolute Gasteiger partial charge is 0.377 e. The van der Waals surface area contributed by atoms with Crippen molar-refractivity contribution in [1.82, 2.24) is 20.0 Å². The zero-order chi connectivity index (χ0) is 23.7. The van der Waals surface area contributed by atoms with Gasteiger partial charge in [-0.1, -0.05) is 51.8 Å². The molecule has 1 aromatic heterocycles. The Morgan fingerprint density at radius 2 is 1.97 bits per heavy atom. The minimum atomic E-state index is -0.0833. The summed E-state index contributed by atoms with van der Waals surface area (Å²) in [6, 6.07) is 13.9. The SMILES string of the molecule is Cc1cc(C(=O)CNC2=CCC(C(=N)N(C)C)C=C2Cl)n(-c2ccc3cc(Br)ccc3c2)n1. The highest BCUT2D eigenvalue weighted by molar-refractivity contribution is 9.10. The number of halogens is 2. The molecule has 0 amide bonds. The van der Waals surface area contributed by atoms with Crippen molar-refractivity contribution < 1.29 is 4.79 Å². The third kappa shape index (κ3) is 5.04. The molecule has 2 N–H and O–H groups in total. The van der Waals surface area contributed by atoms with Crippen LogP contribution in [0.15, 0.2) is 69.8 Å². The van der Waals surface area contributed by atoms with Gasteiger partial charge in [0, 0.05) is 30.2 Å². The van der Waals surface area contributed by atoms with Crippen LogP contribution in [0.2, 0.25) is 0 Å². The third-order valence-corrected chi connectivity index (χ3v) is 6.42. The molecule has 1 heterocycles. The normalized spacial score (nSPS) is 15.7. The van der Waals surface area contributed by atoms with Crippen molar-refractivity contribution in [3.63, 3.8) is 0 Å². The highest BCUT2D eigenvalue weighted by atomic mass is 79.9. The molecule has 33 heavy (non-hydrogen) atoms. The average molecular weight is 527 g/mol. The molecular formula is C25H25BrClN5O. The number of amidine groups is 1. The van der Waals surface area contributed by atoms with Gasteiger partial charge in [0.1, 0.15) is 11.5 Å². The summed E-state index contributed by atoms with van der Waals surface area (Å²) < 4.78 is 2.72. The molecule has 0 saturated carbocycles. The lowest BCUT2D eigenvalue weighted by atomic mass is 9.97. The molecule has 4 rings (SSSR count). The molecule has 8 heteroatoms. The lowest BCUT2D eigenvalue weighted by molar-refractivity contribution is 0.0987. The van der Waals surface area contributed by atoms with Crippen molar-refractivity contribution in [3.05, 3.63) is 81.2 Å². The van der Waals surface area contributed by atoms with Gasteiger partial charge in [-0.2, -0.15) is 5.10 Å². The summed E-state index contributed by atoms with van der Waals surface area (Å²) in [6.07, 6.45) is 4.47. The number of fused-ring (bicyclic) bond motifs is 1. The Hall–Kier alpha value is -2.90. The summed E-state index contributed by atoms with van der Waals surface area (Å²) in [5, 5.41) is 18.6. The van der Waals surface area contributed by atoms with Crippen LogP contribution in [-0.2, 0) is 0 Å². The number of allylic oxidation sites excluding steroid dienone is 2. The summed E-state index contributed by atoms with van der Waals surface area (Å²) >= 11 is 9.94. The fourth-order valence-corrected chi connectivity index (χ4v) is 4.53. The van der Waals surface area contributed by atoms with Gasteiger partial charge >= 0.3 is 0 Å². The maximum atomic E-state index is 13.1. The number of aryl methyl sites for hydroxylation is 1. The smallest absolute Gasteiger partial charge is 0.200 e. The van der Waals surface area contributed by atoms with Crippen molar-refractivity contribution in [3.8, 4) is 5.69 Å². The zero-order valence-corrected chi connectivity index (χ0v) is 21.0. The monoisotopic (exact) mass is 525 g/mol. The molecule has 0 spiro atoms. The number of aromatic nitrogens is 2. The van der Waals surface area contributed by atoms with E-state index in [9.17, 15) is 4.79 Å². The third-order valence-electron chi connectivity index (χ3n) is 5.60.